The van der Waals surface area contributed by atoms with E-state index in [0.29, 0.717) is 0 Å². The Kier molecular flexibility index (Phi) is 3.49. The highest BCUT2D eigenvalue weighted by atomic mass is 35.5. The number of rotatable bonds is 2. The number of aliphatic hydroxyl groups excluding tert-OH is 1. The molecule has 0 spiro atoms. The average Bonchev–Trinajstić information content (AvgIpc) is 2.71. The number of carbonyl (C=O) groups is 2. The summed E-state index contributed by atoms with van der Waals surface area (Å²) in [4.78, 5) is 28.1. The lowest BCUT2D eigenvalue weighted by atomic mass is 10.2. The number of hydrogen-bond donors (Lipinski definition) is 2. The van der Waals surface area contributed by atoms with Gasteiger partial charge in [-0.25, -0.2) is 9.78 Å². The van der Waals surface area contributed by atoms with Crippen molar-refractivity contribution in [2.45, 2.75) is 18.6 Å². The third-order valence-corrected chi connectivity index (χ3v) is 3.12. The first kappa shape index (κ1) is 12.8. The first-order valence-corrected chi connectivity index (χ1v) is 5.71. The molecule has 2 rings (SSSR count). The molecule has 96 valence electrons. The number of amides is 1. The molecule has 0 bridgehead atoms. The normalized spacial score (nSPS) is 23.1. The van der Waals surface area contributed by atoms with Gasteiger partial charge < -0.3 is 15.1 Å². The Morgan fingerprint density at radius 3 is 2.83 bits per heavy atom. The highest BCUT2D eigenvalue weighted by molar-refractivity contribution is 6.32. The molecule has 6 nitrogen and oxygen atoms in total. The molecule has 1 aromatic heterocycles. The standard InChI is InChI=1S/C11H11ClN2O4/c12-9-7(2-1-3-13-9)10(16)14-5-6(15)4-8(14)11(17)18/h1-3,6,8,15H,4-5H2,(H,17,18)/t6?,8-/m0/s1. The molecule has 1 aliphatic rings. The van der Waals surface area contributed by atoms with Crippen LogP contribution in [0.3, 0.4) is 0 Å². The van der Waals surface area contributed by atoms with Gasteiger partial charge in [-0.15, -0.1) is 0 Å². The van der Waals surface area contributed by atoms with Gasteiger partial charge in [0.1, 0.15) is 11.2 Å². The monoisotopic (exact) mass is 270 g/mol. The Hall–Kier alpha value is -1.66. The SMILES string of the molecule is O=C(O)[C@@H]1CC(O)CN1C(=O)c1cccnc1Cl. The molecule has 2 N–H and O–H groups in total. The summed E-state index contributed by atoms with van der Waals surface area (Å²) in [6.45, 7) is -0.0129. The van der Waals surface area contributed by atoms with Gasteiger partial charge in [-0.3, -0.25) is 4.79 Å². The van der Waals surface area contributed by atoms with Crippen molar-refractivity contribution >= 4 is 23.5 Å². The van der Waals surface area contributed by atoms with Crippen LogP contribution in [-0.4, -0.2) is 50.7 Å². The summed E-state index contributed by atoms with van der Waals surface area (Å²) >= 11 is 5.79. The van der Waals surface area contributed by atoms with Gasteiger partial charge in [0.25, 0.3) is 5.91 Å². The predicted octanol–water partition coefficient (Wildman–Crippen LogP) is 0.395. The van der Waals surface area contributed by atoms with Crippen LogP contribution in [-0.2, 0) is 4.79 Å². The number of aliphatic carboxylic acids is 1. The number of aromatic nitrogens is 1. The first-order valence-electron chi connectivity index (χ1n) is 5.33. The van der Waals surface area contributed by atoms with Crippen molar-refractivity contribution < 1.29 is 19.8 Å². The van der Waals surface area contributed by atoms with E-state index in [1.54, 1.807) is 6.07 Å². The number of nitrogens with zero attached hydrogens (tertiary/aromatic N) is 2. The van der Waals surface area contributed by atoms with Crippen LogP contribution in [0.5, 0.6) is 0 Å². The first-order chi connectivity index (χ1) is 8.50. The van der Waals surface area contributed by atoms with E-state index in [9.17, 15) is 14.7 Å². The van der Waals surface area contributed by atoms with E-state index in [-0.39, 0.29) is 23.7 Å². The maximum absolute atomic E-state index is 12.2. The Labute approximate surface area is 108 Å². The van der Waals surface area contributed by atoms with E-state index in [1.165, 1.54) is 12.3 Å². The van der Waals surface area contributed by atoms with E-state index in [4.69, 9.17) is 16.7 Å². The van der Waals surface area contributed by atoms with Crippen molar-refractivity contribution in [3.63, 3.8) is 0 Å². The fraction of sp³-hybridized carbons (Fsp3) is 0.364. The van der Waals surface area contributed by atoms with Crippen LogP contribution in [0.15, 0.2) is 18.3 Å². The molecule has 1 unspecified atom stereocenters. The minimum atomic E-state index is -1.14. The summed E-state index contributed by atoms with van der Waals surface area (Å²) < 4.78 is 0. The Morgan fingerprint density at radius 2 is 2.22 bits per heavy atom. The van der Waals surface area contributed by atoms with Gasteiger partial charge in [-0.2, -0.15) is 0 Å². The molecule has 1 aliphatic heterocycles. The highest BCUT2D eigenvalue weighted by Crippen LogP contribution is 2.23. The molecule has 2 atom stereocenters. The van der Waals surface area contributed by atoms with Gasteiger partial charge in [-0.05, 0) is 12.1 Å². The van der Waals surface area contributed by atoms with Gasteiger partial charge in [0.2, 0.25) is 0 Å². The van der Waals surface area contributed by atoms with Crippen molar-refractivity contribution in [1.82, 2.24) is 9.88 Å². The highest BCUT2D eigenvalue weighted by Gasteiger charge is 2.39. The van der Waals surface area contributed by atoms with Crippen molar-refractivity contribution in [3.8, 4) is 0 Å². The second-order valence-corrected chi connectivity index (χ2v) is 4.40. The smallest absolute Gasteiger partial charge is 0.326 e. The number of carboxylic acids is 1. The van der Waals surface area contributed by atoms with Gasteiger partial charge in [0.05, 0.1) is 11.7 Å². The number of likely N-dealkylation sites (tertiary alicyclic amines) is 1. The zero-order valence-corrected chi connectivity index (χ0v) is 10.0. The Balaban J connectivity index is 2.28. The topological polar surface area (TPSA) is 90.7 Å². The number of β-amino-alcohol motifs (C(OH)–C–C–N with tert-alkyl or cyclic N) is 1. The van der Waals surface area contributed by atoms with Crippen LogP contribution in [0.1, 0.15) is 16.8 Å². The molecule has 18 heavy (non-hydrogen) atoms. The lowest BCUT2D eigenvalue weighted by molar-refractivity contribution is -0.141. The second kappa shape index (κ2) is 4.91. The number of carboxylic acid groups (broad SMARTS) is 1. The van der Waals surface area contributed by atoms with Crippen LogP contribution in [0.2, 0.25) is 5.15 Å². The fourth-order valence-electron chi connectivity index (χ4n) is 1.97. The quantitative estimate of drug-likeness (QED) is 0.759. The second-order valence-electron chi connectivity index (χ2n) is 4.04. The molecular formula is C11H11ClN2O4. The van der Waals surface area contributed by atoms with Crippen molar-refractivity contribution in [2.24, 2.45) is 0 Å². The van der Waals surface area contributed by atoms with Crippen molar-refractivity contribution in [3.05, 3.63) is 29.0 Å². The van der Waals surface area contributed by atoms with Crippen LogP contribution < -0.4 is 0 Å². The van der Waals surface area contributed by atoms with Gasteiger partial charge in [0.15, 0.2) is 0 Å². The molecule has 7 heteroatoms. The maximum atomic E-state index is 12.2. The van der Waals surface area contributed by atoms with Crippen molar-refractivity contribution in [2.75, 3.05) is 6.54 Å². The number of aliphatic hydroxyl groups is 1. The Morgan fingerprint density at radius 1 is 1.50 bits per heavy atom. The Bertz CT molecular complexity index is 494. The summed E-state index contributed by atoms with van der Waals surface area (Å²) in [5.74, 6) is -1.67. The van der Waals surface area contributed by atoms with Crippen LogP contribution in [0.25, 0.3) is 0 Å². The number of carbonyl (C=O) groups excluding carboxylic acids is 1. The molecule has 1 fully saturated rings. The van der Waals surface area contributed by atoms with Gasteiger partial charge >= 0.3 is 5.97 Å². The fourth-order valence-corrected chi connectivity index (χ4v) is 2.17. The molecule has 0 aliphatic carbocycles. The summed E-state index contributed by atoms with van der Waals surface area (Å²) in [5, 5.41) is 18.5. The van der Waals surface area contributed by atoms with Gasteiger partial charge in [-0.1, -0.05) is 11.6 Å². The summed E-state index contributed by atoms with van der Waals surface area (Å²) in [5.41, 5.74) is 0.138. The number of hydrogen-bond acceptors (Lipinski definition) is 4. The molecular weight excluding hydrogens is 260 g/mol. The molecule has 1 saturated heterocycles. The zero-order chi connectivity index (χ0) is 13.3. The molecule has 1 aromatic rings. The number of pyridine rings is 1. The van der Waals surface area contributed by atoms with E-state index in [0.717, 1.165) is 4.90 Å². The van der Waals surface area contributed by atoms with Crippen LogP contribution >= 0.6 is 11.6 Å². The van der Waals surface area contributed by atoms with Crippen molar-refractivity contribution in [1.29, 1.82) is 0 Å². The van der Waals surface area contributed by atoms with Gasteiger partial charge in [0, 0.05) is 19.2 Å². The lowest BCUT2D eigenvalue weighted by Gasteiger charge is -2.21. The van der Waals surface area contributed by atoms with Crippen LogP contribution in [0.4, 0.5) is 0 Å². The van der Waals surface area contributed by atoms with E-state index >= 15 is 0 Å². The minimum absolute atomic E-state index is 0.0129. The maximum Gasteiger partial charge on any atom is 0.326 e. The molecule has 2 heterocycles. The largest absolute Gasteiger partial charge is 0.480 e. The minimum Gasteiger partial charge on any atom is -0.480 e. The lowest BCUT2D eigenvalue weighted by Crippen LogP contribution is -2.40. The molecule has 0 saturated carbocycles. The molecule has 0 radical (unpaired) electrons. The number of halogens is 1. The van der Waals surface area contributed by atoms with E-state index in [2.05, 4.69) is 4.98 Å². The summed E-state index contributed by atoms with van der Waals surface area (Å²) in [7, 11) is 0. The molecule has 1 amide bonds. The summed E-state index contributed by atoms with van der Waals surface area (Å²) in [6.07, 6.45) is 0.636. The average molecular weight is 271 g/mol. The zero-order valence-electron chi connectivity index (χ0n) is 9.28. The van der Waals surface area contributed by atoms with E-state index in [1.807, 2.05) is 0 Å². The summed E-state index contributed by atoms with van der Waals surface area (Å²) in [6, 6.07) is 1.99. The predicted molar refractivity (Wildman–Crippen MR) is 62.3 cm³/mol. The van der Waals surface area contributed by atoms with E-state index < -0.39 is 24.0 Å². The van der Waals surface area contributed by atoms with Crippen LogP contribution in [0, 0.1) is 0 Å². The molecule has 0 aromatic carbocycles. The third kappa shape index (κ3) is 2.30. The third-order valence-electron chi connectivity index (χ3n) is 2.81.